The molecule has 0 unspecified atom stereocenters. The summed E-state index contributed by atoms with van der Waals surface area (Å²) >= 11 is 2.85. The summed E-state index contributed by atoms with van der Waals surface area (Å²) in [6.45, 7) is 4.11. The van der Waals surface area contributed by atoms with Gasteiger partial charge in [0.05, 0.1) is 17.2 Å². The van der Waals surface area contributed by atoms with Gasteiger partial charge >= 0.3 is 5.97 Å². The van der Waals surface area contributed by atoms with E-state index < -0.39 is 5.97 Å². The van der Waals surface area contributed by atoms with Crippen LogP contribution in [0.25, 0.3) is 6.08 Å². The molecule has 2 rings (SSSR count). The van der Waals surface area contributed by atoms with Gasteiger partial charge in [-0.3, -0.25) is 4.79 Å². The van der Waals surface area contributed by atoms with Gasteiger partial charge in [0.2, 0.25) is 0 Å². The van der Waals surface area contributed by atoms with Gasteiger partial charge in [0.25, 0.3) is 5.91 Å². The molecule has 0 aliphatic carbocycles. The van der Waals surface area contributed by atoms with Crippen molar-refractivity contribution < 1.29 is 14.7 Å². The van der Waals surface area contributed by atoms with E-state index in [1.807, 2.05) is 25.3 Å². The van der Waals surface area contributed by atoms with Crippen LogP contribution in [-0.4, -0.2) is 22.0 Å². The van der Waals surface area contributed by atoms with Gasteiger partial charge in [-0.15, -0.1) is 22.7 Å². The van der Waals surface area contributed by atoms with Crippen molar-refractivity contribution in [2.75, 3.05) is 0 Å². The van der Waals surface area contributed by atoms with Gasteiger partial charge < -0.3 is 10.4 Å². The highest BCUT2D eigenvalue weighted by atomic mass is 32.1. The third-order valence-corrected chi connectivity index (χ3v) is 4.65. The van der Waals surface area contributed by atoms with Crippen molar-refractivity contribution in [2.45, 2.75) is 20.4 Å². The molecular formula is C14H14N2O3S2. The third kappa shape index (κ3) is 4.24. The maximum absolute atomic E-state index is 12.0. The van der Waals surface area contributed by atoms with Crippen LogP contribution in [0.2, 0.25) is 0 Å². The second kappa shape index (κ2) is 6.64. The lowest BCUT2D eigenvalue weighted by atomic mass is 10.3. The van der Waals surface area contributed by atoms with Crippen molar-refractivity contribution in [3.8, 4) is 0 Å². The Bertz CT molecular complexity index is 701. The highest BCUT2D eigenvalue weighted by Crippen LogP contribution is 2.18. The van der Waals surface area contributed by atoms with Crippen molar-refractivity contribution in [3.63, 3.8) is 0 Å². The highest BCUT2D eigenvalue weighted by molar-refractivity contribution is 7.13. The van der Waals surface area contributed by atoms with Crippen molar-refractivity contribution in [1.29, 1.82) is 0 Å². The van der Waals surface area contributed by atoms with Crippen molar-refractivity contribution in [1.82, 2.24) is 10.3 Å². The number of nitrogens with zero attached hydrogens (tertiary/aromatic N) is 1. The lowest BCUT2D eigenvalue weighted by molar-refractivity contribution is -0.131. The molecule has 2 N–H and O–H groups in total. The lowest BCUT2D eigenvalue weighted by Crippen LogP contribution is -2.22. The second-order valence-corrected chi connectivity index (χ2v) is 6.55. The number of carboxylic acid groups (broad SMARTS) is 1. The number of rotatable bonds is 5. The zero-order valence-corrected chi connectivity index (χ0v) is 13.2. The van der Waals surface area contributed by atoms with Crippen LogP contribution in [0.4, 0.5) is 0 Å². The van der Waals surface area contributed by atoms with E-state index in [0.717, 1.165) is 27.2 Å². The molecule has 0 atom stereocenters. The SMILES string of the molecule is Cc1nc(C)c(C(=O)NCc2cc(/C=C/C(=O)O)cs2)s1. The first-order valence-corrected chi connectivity index (χ1v) is 7.86. The molecular weight excluding hydrogens is 308 g/mol. The van der Waals surface area contributed by atoms with Crippen LogP contribution in [0.15, 0.2) is 17.5 Å². The number of carbonyl (C=O) groups is 2. The Morgan fingerprint density at radius 1 is 1.43 bits per heavy atom. The molecule has 0 saturated carbocycles. The van der Waals surface area contributed by atoms with Crippen LogP contribution >= 0.6 is 22.7 Å². The molecule has 0 aliphatic rings. The van der Waals surface area contributed by atoms with Crippen molar-refractivity contribution in [2.24, 2.45) is 0 Å². The quantitative estimate of drug-likeness (QED) is 0.830. The number of carboxylic acids is 1. The summed E-state index contributed by atoms with van der Waals surface area (Å²) < 4.78 is 0. The molecule has 0 bridgehead atoms. The number of aromatic nitrogens is 1. The normalized spacial score (nSPS) is 11.0. The number of thiophene rings is 1. The zero-order chi connectivity index (χ0) is 15.4. The van der Waals surface area contributed by atoms with Gasteiger partial charge in [0, 0.05) is 11.0 Å². The van der Waals surface area contributed by atoms with Crippen molar-refractivity contribution >= 4 is 40.6 Å². The molecule has 21 heavy (non-hydrogen) atoms. The number of thiazole rings is 1. The summed E-state index contributed by atoms with van der Waals surface area (Å²) in [4.78, 5) is 28.3. The number of hydrogen-bond donors (Lipinski definition) is 2. The third-order valence-electron chi connectivity index (χ3n) is 2.63. The Morgan fingerprint density at radius 3 is 2.81 bits per heavy atom. The molecule has 2 aromatic rings. The predicted octanol–water partition coefficient (Wildman–Crippen LogP) is 2.85. The largest absolute Gasteiger partial charge is 0.478 e. The smallest absolute Gasteiger partial charge is 0.328 e. The van der Waals surface area contributed by atoms with E-state index in [9.17, 15) is 9.59 Å². The molecule has 1 amide bonds. The summed E-state index contributed by atoms with van der Waals surface area (Å²) in [6, 6.07) is 1.86. The van der Waals surface area contributed by atoms with Crippen LogP contribution in [0.1, 0.15) is 30.8 Å². The topological polar surface area (TPSA) is 79.3 Å². The Balaban J connectivity index is 1.95. The van der Waals surface area contributed by atoms with Crippen LogP contribution in [0.5, 0.6) is 0 Å². The van der Waals surface area contributed by atoms with Gasteiger partial charge in [0.1, 0.15) is 4.88 Å². The molecule has 0 saturated heterocycles. The van der Waals surface area contributed by atoms with E-state index in [1.54, 1.807) is 0 Å². The maximum atomic E-state index is 12.0. The monoisotopic (exact) mass is 322 g/mol. The molecule has 7 heteroatoms. The number of aliphatic carboxylic acids is 1. The van der Waals surface area contributed by atoms with Crippen LogP contribution in [0, 0.1) is 13.8 Å². The van der Waals surface area contributed by atoms with Gasteiger partial charge in [-0.05, 0) is 36.9 Å². The van der Waals surface area contributed by atoms with E-state index in [2.05, 4.69) is 10.3 Å². The molecule has 2 aromatic heterocycles. The number of carbonyl (C=O) groups excluding carboxylic acids is 1. The average molecular weight is 322 g/mol. The van der Waals surface area contributed by atoms with E-state index in [1.165, 1.54) is 28.7 Å². The molecule has 0 radical (unpaired) electrons. The Kier molecular flexibility index (Phi) is 4.87. The van der Waals surface area contributed by atoms with E-state index in [4.69, 9.17) is 5.11 Å². The Hall–Kier alpha value is -1.99. The molecule has 110 valence electrons. The minimum absolute atomic E-state index is 0.130. The number of hydrogen-bond acceptors (Lipinski definition) is 5. The Morgan fingerprint density at radius 2 is 2.19 bits per heavy atom. The number of nitrogens with one attached hydrogen (secondary N) is 1. The fourth-order valence-electron chi connectivity index (χ4n) is 1.73. The van der Waals surface area contributed by atoms with E-state index >= 15 is 0 Å². The number of amides is 1. The number of aryl methyl sites for hydroxylation is 2. The summed E-state index contributed by atoms with van der Waals surface area (Å²) in [7, 11) is 0. The predicted molar refractivity (Wildman–Crippen MR) is 83.7 cm³/mol. The minimum atomic E-state index is -0.980. The first kappa shape index (κ1) is 15.4. The Labute approximate surface area is 130 Å². The van der Waals surface area contributed by atoms with Gasteiger partial charge in [-0.1, -0.05) is 0 Å². The van der Waals surface area contributed by atoms with Gasteiger partial charge in [-0.25, -0.2) is 9.78 Å². The summed E-state index contributed by atoms with van der Waals surface area (Å²) in [5.41, 5.74) is 1.56. The first-order valence-electron chi connectivity index (χ1n) is 6.16. The van der Waals surface area contributed by atoms with Crippen LogP contribution in [0.3, 0.4) is 0 Å². The summed E-state index contributed by atoms with van der Waals surface area (Å²) in [5, 5.41) is 14.1. The van der Waals surface area contributed by atoms with Gasteiger partial charge in [0.15, 0.2) is 0 Å². The average Bonchev–Trinajstić information content (AvgIpc) is 3.00. The lowest BCUT2D eigenvalue weighted by Gasteiger charge is -2.01. The molecule has 0 fully saturated rings. The highest BCUT2D eigenvalue weighted by Gasteiger charge is 2.13. The second-order valence-electron chi connectivity index (χ2n) is 4.35. The van der Waals surface area contributed by atoms with Gasteiger partial charge in [-0.2, -0.15) is 0 Å². The first-order chi connectivity index (χ1) is 9.95. The summed E-state index contributed by atoms with van der Waals surface area (Å²) in [5.74, 6) is -1.11. The standard InChI is InChI=1S/C14H14N2O3S2/c1-8-13(21-9(2)16-8)14(19)15-6-11-5-10(7-20-11)3-4-12(17)18/h3-5,7H,6H2,1-2H3,(H,15,19)(H,17,18)/b4-3+. The van der Waals surface area contributed by atoms with E-state index in [-0.39, 0.29) is 5.91 Å². The van der Waals surface area contributed by atoms with Crippen LogP contribution in [-0.2, 0) is 11.3 Å². The molecule has 2 heterocycles. The van der Waals surface area contributed by atoms with Crippen molar-refractivity contribution in [3.05, 3.63) is 43.5 Å². The van der Waals surface area contributed by atoms with E-state index in [0.29, 0.717) is 11.4 Å². The molecule has 0 spiro atoms. The maximum Gasteiger partial charge on any atom is 0.328 e. The zero-order valence-electron chi connectivity index (χ0n) is 11.5. The van der Waals surface area contributed by atoms with Crippen LogP contribution < -0.4 is 5.32 Å². The molecule has 0 aliphatic heterocycles. The molecule has 5 nitrogen and oxygen atoms in total. The molecule has 0 aromatic carbocycles. The minimum Gasteiger partial charge on any atom is -0.478 e. The summed E-state index contributed by atoms with van der Waals surface area (Å²) in [6.07, 6.45) is 2.62. The fourth-order valence-corrected chi connectivity index (χ4v) is 3.36. The fraction of sp³-hybridized carbons (Fsp3) is 0.214.